The molecule has 0 amide bonds. The van der Waals surface area contributed by atoms with Crippen LogP contribution < -0.4 is 21.8 Å². The van der Waals surface area contributed by atoms with Crippen LogP contribution >= 0.6 is 8.09 Å². The quantitative estimate of drug-likeness (QED) is 0.209. The first-order chi connectivity index (χ1) is 2.81. The van der Waals surface area contributed by atoms with Gasteiger partial charge in [0.25, 0.3) is 8.09 Å². The molecule has 0 aliphatic rings. The lowest BCUT2D eigenvalue weighted by atomic mass is 13.0. The van der Waals surface area contributed by atoms with Crippen LogP contribution in [0.5, 0.6) is 0 Å². The molecule has 6 heavy (non-hydrogen) atoms. The van der Waals surface area contributed by atoms with Crippen LogP contribution in [0.15, 0.2) is 4.85 Å². The number of nitrogens with one attached hydrogen (secondary N) is 1. The first kappa shape index (κ1) is 5.94. The number of nitrogens with two attached hydrogens (primary N) is 2. The molecule has 0 heterocycles. The second-order valence-corrected chi connectivity index (χ2v) is 1.55. The Bertz CT molecular complexity index is 58.6. The van der Waals surface area contributed by atoms with Crippen LogP contribution in [-0.2, 0) is 0 Å². The molecule has 5 nitrogen and oxygen atoms in total. The van der Waals surface area contributed by atoms with E-state index in [-0.39, 0.29) is 0 Å². The molecule has 0 bridgehead atoms. The van der Waals surface area contributed by atoms with Crippen molar-refractivity contribution in [3.05, 3.63) is 0 Å². The van der Waals surface area contributed by atoms with E-state index in [0.717, 1.165) is 0 Å². The minimum atomic E-state index is -1.90. The zero-order valence-electron chi connectivity index (χ0n) is 2.96. The number of hydrazine groups is 1. The number of hydrogen-bond donors (Lipinski definition) is 3. The predicted molar refractivity (Wildman–Crippen MR) is 20.9 cm³/mol. The van der Waals surface area contributed by atoms with Crippen molar-refractivity contribution < 1.29 is 4.89 Å². The van der Waals surface area contributed by atoms with Gasteiger partial charge in [-0.25, -0.2) is 5.84 Å². The predicted octanol–water partition coefficient (Wildman–Crippen LogP) is -1.82. The van der Waals surface area contributed by atoms with E-state index in [1.807, 2.05) is 5.20 Å². The molecule has 0 spiro atoms. The van der Waals surface area contributed by atoms with Gasteiger partial charge in [-0.05, 0) is 4.85 Å². The number of nitrogens with zero attached hydrogens (tertiary/aromatic N) is 1. The fourth-order valence-corrected chi connectivity index (χ4v) is 0.100. The third kappa shape index (κ3) is 2.19. The maximum Gasteiger partial charge on any atom is 0.297 e. The first-order valence-corrected chi connectivity index (χ1v) is 2.37. The molecular formula is H5N4OP. The molecule has 0 aromatic carbocycles. The maximum atomic E-state index is 9.80. The van der Waals surface area contributed by atoms with Crippen LogP contribution in [0.2, 0.25) is 0 Å². The summed E-state index contributed by atoms with van der Waals surface area (Å²) in [6.45, 7) is 0. The molecule has 0 saturated carbocycles. The van der Waals surface area contributed by atoms with E-state index >= 15 is 0 Å². The van der Waals surface area contributed by atoms with E-state index < -0.39 is 8.09 Å². The van der Waals surface area contributed by atoms with Crippen molar-refractivity contribution in [1.29, 1.82) is 0 Å². The van der Waals surface area contributed by atoms with Gasteiger partial charge < -0.3 is 4.89 Å². The molecule has 0 aromatic heterocycles. The lowest BCUT2D eigenvalue weighted by Gasteiger charge is -1.82. The van der Waals surface area contributed by atoms with Crippen molar-refractivity contribution >= 4 is 8.09 Å². The molecule has 1 unspecified atom stereocenters. The smallest absolute Gasteiger partial charge is 0.297 e. The van der Waals surface area contributed by atoms with Crippen LogP contribution in [0.25, 0.3) is 0 Å². The van der Waals surface area contributed by atoms with Gasteiger partial charge in [0.1, 0.15) is 0 Å². The summed E-state index contributed by atoms with van der Waals surface area (Å²) < 4.78 is 0. The Hall–Kier alpha value is -0.0600. The first-order valence-electron chi connectivity index (χ1n) is 1.15. The van der Waals surface area contributed by atoms with Crippen molar-refractivity contribution in [2.45, 2.75) is 0 Å². The Labute approximate surface area is 35.9 Å². The average molecular weight is 108 g/mol. The molecule has 0 aliphatic heterocycles. The Kier molecular flexibility index (Phi) is 3.11. The van der Waals surface area contributed by atoms with Crippen molar-refractivity contribution in [3.8, 4) is 0 Å². The maximum absolute atomic E-state index is 9.80. The summed E-state index contributed by atoms with van der Waals surface area (Å²) in [6.07, 6.45) is 0. The standard InChI is InChI=1S/H5N4OP/c1-3-6(5)4-2/h1-2H2,(H,3,4). The van der Waals surface area contributed by atoms with Crippen LogP contribution in [0, 0.1) is 0 Å². The molecule has 36 valence electrons. The Morgan fingerprint density at radius 3 is 2.33 bits per heavy atom. The molecule has 0 aromatic rings. The summed E-state index contributed by atoms with van der Waals surface area (Å²) in [5, 5.41) is 1.83. The van der Waals surface area contributed by atoms with E-state index in [0.29, 0.717) is 0 Å². The normalized spacial score (nSPS) is 12.2. The lowest BCUT2D eigenvalue weighted by molar-refractivity contribution is -0.158. The third-order valence-corrected chi connectivity index (χ3v) is 0.646. The molecule has 5 N–H and O–H groups in total. The van der Waals surface area contributed by atoms with Crippen LogP contribution in [0.3, 0.4) is 0 Å². The minimum Gasteiger partial charge on any atom is -0.593 e. The topological polar surface area (TPSA) is 99.5 Å². The molecule has 1 atom stereocenters. The monoisotopic (exact) mass is 108 g/mol. The van der Waals surface area contributed by atoms with Gasteiger partial charge in [0, 0.05) is 0 Å². The second kappa shape index (κ2) is 3.14. The third-order valence-electron chi connectivity index (χ3n) is 0.215. The van der Waals surface area contributed by atoms with Gasteiger partial charge in [-0.3, -0.25) is 0 Å². The molecule has 6 heteroatoms. The van der Waals surface area contributed by atoms with Crippen LogP contribution in [-0.4, -0.2) is 0 Å². The summed E-state index contributed by atoms with van der Waals surface area (Å²) >= 11 is 0. The highest BCUT2D eigenvalue weighted by molar-refractivity contribution is 7.36. The Morgan fingerprint density at radius 1 is 1.83 bits per heavy atom. The zero-order valence-corrected chi connectivity index (χ0v) is 3.85. The van der Waals surface area contributed by atoms with Crippen molar-refractivity contribution in [3.63, 3.8) is 0 Å². The van der Waals surface area contributed by atoms with Gasteiger partial charge in [-0.15, -0.1) is 0 Å². The number of rotatable bonds is 1. The molecule has 0 saturated heterocycles. The van der Waals surface area contributed by atoms with Crippen molar-refractivity contribution in [2.75, 3.05) is 0 Å². The zero-order chi connectivity index (χ0) is 4.99. The molecule has 0 rings (SSSR count). The lowest BCUT2D eigenvalue weighted by Crippen LogP contribution is -2.17. The SMILES string of the molecule is NN=[P+]([O-])NN. The van der Waals surface area contributed by atoms with Crippen LogP contribution in [0.1, 0.15) is 0 Å². The Balaban J connectivity index is 3.22. The largest absolute Gasteiger partial charge is 0.593 e. The van der Waals surface area contributed by atoms with E-state index in [2.05, 4.69) is 16.5 Å². The van der Waals surface area contributed by atoms with E-state index in [4.69, 9.17) is 0 Å². The average Bonchev–Trinajstić information content (AvgIpc) is 1.65. The summed E-state index contributed by atoms with van der Waals surface area (Å²) in [7, 11) is -1.90. The highest BCUT2D eigenvalue weighted by Crippen LogP contribution is 1.96. The minimum absolute atomic E-state index is 1.83. The molecule has 0 fully saturated rings. The molecule has 0 radical (unpaired) electrons. The summed E-state index contributed by atoms with van der Waals surface area (Å²) in [6, 6.07) is 0. The van der Waals surface area contributed by atoms with Gasteiger partial charge in [0.15, 0.2) is 0 Å². The molecule has 0 aliphatic carbocycles. The fourth-order valence-electron chi connectivity index (χ4n) is 0.0333. The Morgan fingerprint density at radius 2 is 2.33 bits per heavy atom. The molecular weight excluding hydrogens is 103 g/mol. The van der Waals surface area contributed by atoms with Gasteiger partial charge >= 0.3 is 0 Å². The van der Waals surface area contributed by atoms with Crippen LogP contribution in [0.4, 0.5) is 0 Å². The van der Waals surface area contributed by atoms with Gasteiger partial charge in [0.05, 0.1) is 0 Å². The summed E-state index contributed by atoms with van der Waals surface area (Å²) in [5.74, 6) is 9.06. The number of hydrogen-bond acceptors (Lipinski definition) is 3. The van der Waals surface area contributed by atoms with Crippen molar-refractivity contribution in [1.82, 2.24) is 5.20 Å². The highest BCUT2D eigenvalue weighted by Gasteiger charge is 1.82. The van der Waals surface area contributed by atoms with Gasteiger partial charge in [0.2, 0.25) is 0 Å². The summed E-state index contributed by atoms with van der Waals surface area (Å²) in [5.41, 5.74) is 0. The van der Waals surface area contributed by atoms with Gasteiger partial charge in [-0.2, -0.15) is 5.84 Å². The van der Waals surface area contributed by atoms with E-state index in [1.54, 1.807) is 0 Å². The summed E-state index contributed by atoms with van der Waals surface area (Å²) in [4.78, 5) is 12.6. The van der Waals surface area contributed by atoms with E-state index in [1.165, 1.54) is 0 Å². The van der Waals surface area contributed by atoms with Crippen molar-refractivity contribution in [2.24, 2.45) is 16.5 Å². The second-order valence-electron chi connectivity index (χ2n) is 0.518. The van der Waals surface area contributed by atoms with E-state index in [9.17, 15) is 4.89 Å². The fraction of sp³-hybridized carbons (Fsp3) is 0. The highest BCUT2D eigenvalue weighted by atomic mass is 31.1. The van der Waals surface area contributed by atoms with Gasteiger partial charge in [-0.1, -0.05) is 5.20 Å².